The van der Waals surface area contributed by atoms with Crippen LogP contribution in [0.1, 0.15) is 5.56 Å². The fraction of sp³-hybridized carbons (Fsp3) is 0.0952. The Hall–Kier alpha value is -3.45. The Morgan fingerprint density at radius 2 is 1.89 bits per heavy atom. The number of aromatic nitrogens is 2. The van der Waals surface area contributed by atoms with E-state index in [1.807, 2.05) is 41.1 Å². The van der Waals surface area contributed by atoms with Gasteiger partial charge in [-0.3, -0.25) is 4.79 Å². The van der Waals surface area contributed by atoms with Gasteiger partial charge in [0.1, 0.15) is 0 Å². The van der Waals surface area contributed by atoms with E-state index < -0.39 is 0 Å². The van der Waals surface area contributed by atoms with Crippen LogP contribution in [0.5, 0.6) is 11.5 Å². The Labute approximate surface area is 165 Å². The van der Waals surface area contributed by atoms with Gasteiger partial charge >= 0.3 is 0 Å². The molecule has 28 heavy (non-hydrogen) atoms. The summed E-state index contributed by atoms with van der Waals surface area (Å²) in [6.07, 6.45) is 1.65. The fourth-order valence-electron chi connectivity index (χ4n) is 2.87. The Kier molecular flexibility index (Phi) is 4.90. The van der Waals surface area contributed by atoms with E-state index in [1.165, 1.54) is 4.68 Å². The summed E-state index contributed by atoms with van der Waals surface area (Å²) >= 11 is 1.57. The van der Waals surface area contributed by atoms with Crippen LogP contribution in [-0.2, 0) is 0 Å². The summed E-state index contributed by atoms with van der Waals surface area (Å²) in [7, 11) is 3.14. The number of methoxy groups -OCH3 is 2. The van der Waals surface area contributed by atoms with Crippen LogP contribution in [0.25, 0.3) is 22.3 Å². The van der Waals surface area contributed by atoms with E-state index in [-0.39, 0.29) is 5.56 Å². The van der Waals surface area contributed by atoms with Gasteiger partial charge in [0.15, 0.2) is 17.3 Å². The van der Waals surface area contributed by atoms with Crippen LogP contribution in [0.2, 0.25) is 0 Å². The monoisotopic (exact) mass is 391 g/mol. The van der Waals surface area contributed by atoms with E-state index in [0.29, 0.717) is 33.8 Å². The summed E-state index contributed by atoms with van der Waals surface area (Å²) < 4.78 is 12.0. The highest BCUT2D eigenvalue weighted by Gasteiger charge is 2.14. The lowest BCUT2D eigenvalue weighted by molar-refractivity contribution is 0.355. The Bertz CT molecular complexity index is 1210. The molecule has 0 N–H and O–H groups in total. The molecule has 4 aromatic rings. The molecule has 0 saturated carbocycles. The van der Waals surface area contributed by atoms with E-state index in [1.54, 1.807) is 50.0 Å². The summed E-state index contributed by atoms with van der Waals surface area (Å²) in [5.74, 6) is 1.58. The van der Waals surface area contributed by atoms with Crippen molar-refractivity contribution in [3.63, 3.8) is 0 Å². The molecule has 0 spiro atoms. The van der Waals surface area contributed by atoms with Crippen LogP contribution < -0.4 is 15.0 Å². The second kappa shape index (κ2) is 7.66. The number of rotatable bonds is 5. The van der Waals surface area contributed by atoms with Crippen LogP contribution in [0.3, 0.4) is 0 Å². The van der Waals surface area contributed by atoms with E-state index >= 15 is 0 Å². The van der Waals surface area contributed by atoms with Crippen molar-refractivity contribution in [2.45, 2.75) is 0 Å². The highest BCUT2D eigenvalue weighted by atomic mass is 32.1. The van der Waals surface area contributed by atoms with Gasteiger partial charge in [0.25, 0.3) is 5.56 Å². The zero-order valence-corrected chi connectivity index (χ0v) is 16.1. The summed E-state index contributed by atoms with van der Waals surface area (Å²) in [6, 6.07) is 14.6. The van der Waals surface area contributed by atoms with Crippen molar-refractivity contribution in [3.8, 4) is 22.9 Å². The average Bonchev–Trinajstić information content (AvgIpc) is 3.26. The normalized spacial score (nSPS) is 11.2. The van der Waals surface area contributed by atoms with Gasteiger partial charge in [-0.25, -0.2) is 4.98 Å². The predicted octanol–water partition coefficient (Wildman–Crippen LogP) is 4.02. The molecule has 140 valence electrons. The first kappa shape index (κ1) is 17.9. The summed E-state index contributed by atoms with van der Waals surface area (Å²) in [4.78, 5) is 17.8. The molecule has 2 aromatic carbocycles. The molecule has 4 rings (SSSR count). The summed E-state index contributed by atoms with van der Waals surface area (Å²) in [5.41, 5.74) is 1.99. The Morgan fingerprint density at radius 3 is 2.64 bits per heavy atom. The molecular formula is C21H17N3O3S. The maximum Gasteiger partial charge on any atom is 0.282 e. The Morgan fingerprint density at radius 1 is 1.07 bits per heavy atom. The smallest absolute Gasteiger partial charge is 0.282 e. The molecule has 0 atom stereocenters. The van der Waals surface area contributed by atoms with Crippen LogP contribution in [-0.4, -0.2) is 30.1 Å². The highest BCUT2D eigenvalue weighted by molar-refractivity contribution is 7.08. The third-order valence-electron chi connectivity index (χ3n) is 4.26. The van der Waals surface area contributed by atoms with Crippen molar-refractivity contribution in [2.24, 2.45) is 5.10 Å². The van der Waals surface area contributed by atoms with Crippen molar-refractivity contribution < 1.29 is 9.47 Å². The first-order valence-corrected chi connectivity index (χ1v) is 9.46. The van der Waals surface area contributed by atoms with Crippen molar-refractivity contribution in [1.29, 1.82) is 0 Å². The van der Waals surface area contributed by atoms with E-state index in [2.05, 4.69) is 5.10 Å². The minimum atomic E-state index is -0.234. The minimum Gasteiger partial charge on any atom is -0.493 e. The molecular weight excluding hydrogens is 374 g/mol. The number of fused-ring (bicyclic) bond motifs is 1. The molecule has 0 fully saturated rings. The number of benzene rings is 2. The predicted molar refractivity (Wildman–Crippen MR) is 112 cm³/mol. The van der Waals surface area contributed by atoms with Crippen LogP contribution in [0.4, 0.5) is 0 Å². The van der Waals surface area contributed by atoms with Crippen molar-refractivity contribution in [1.82, 2.24) is 9.66 Å². The fourth-order valence-corrected chi connectivity index (χ4v) is 3.48. The van der Waals surface area contributed by atoms with E-state index in [0.717, 1.165) is 5.56 Å². The highest BCUT2D eigenvalue weighted by Crippen LogP contribution is 2.31. The molecule has 0 aliphatic rings. The van der Waals surface area contributed by atoms with Gasteiger partial charge in [-0.05, 0) is 47.2 Å². The van der Waals surface area contributed by atoms with Crippen molar-refractivity contribution >= 4 is 28.5 Å². The lowest BCUT2D eigenvalue weighted by Crippen LogP contribution is -2.20. The molecule has 2 heterocycles. The second-order valence-corrected chi connectivity index (χ2v) is 6.72. The van der Waals surface area contributed by atoms with Crippen LogP contribution in [0, 0.1) is 0 Å². The average molecular weight is 391 g/mol. The third kappa shape index (κ3) is 3.27. The second-order valence-electron chi connectivity index (χ2n) is 5.94. The summed E-state index contributed by atoms with van der Waals surface area (Å²) in [6.45, 7) is 0. The van der Waals surface area contributed by atoms with Crippen LogP contribution >= 0.6 is 11.3 Å². The van der Waals surface area contributed by atoms with E-state index in [9.17, 15) is 4.79 Å². The quantitative estimate of drug-likeness (QED) is 0.482. The summed E-state index contributed by atoms with van der Waals surface area (Å²) in [5, 5.41) is 8.85. The molecule has 0 aliphatic heterocycles. The first-order valence-electron chi connectivity index (χ1n) is 8.52. The maximum absolute atomic E-state index is 13.1. The van der Waals surface area contributed by atoms with Gasteiger partial charge in [-0.1, -0.05) is 12.1 Å². The molecule has 0 amide bonds. The lowest BCUT2D eigenvalue weighted by atomic mass is 10.1. The topological polar surface area (TPSA) is 65.7 Å². The van der Waals surface area contributed by atoms with Gasteiger partial charge in [0.2, 0.25) is 0 Å². The first-order chi connectivity index (χ1) is 13.7. The number of para-hydroxylation sites is 1. The van der Waals surface area contributed by atoms with Gasteiger partial charge in [-0.2, -0.15) is 21.1 Å². The molecule has 0 bridgehead atoms. The van der Waals surface area contributed by atoms with Gasteiger partial charge in [-0.15, -0.1) is 0 Å². The minimum absolute atomic E-state index is 0.234. The standard InChI is InChI=1S/C21H17N3O3S/c1-26-18-8-7-15(11-19(18)27-2)20-23-17-6-4-3-5-16(17)21(25)24(20)22-12-14-9-10-28-13-14/h3-13H,1-2H3. The molecule has 0 radical (unpaired) electrons. The largest absolute Gasteiger partial charge is 0.493 e. The molecule has 7 heteroatoms. The number of thiophene rings is 1. The number of ether oxygens (including phenoxy) is 2. The van der Waals surface area contributed by atoms with Gasteiger partial charge in [0.05, 0.1) is 31.3 Å². The maximum atomic E-state index is 13.1. The SMILES string of the molecule is COc1ccc(-c2nc3ccccc3c(=O)n2N=Cc2ccsc2)cc1OC. The zero-order chi connectivity index (χ0) is 19.5. The van der Waals surface area contributed by atoms with Crippen molar-refractivity contribution in [2.75, 3.05) is 14.2 Å². The Balaban J connectivity index is 1.96. The number of hydrogen-bond donors (Lipinski definition) is 0. The van der Waals surface area contributed by atoms with E-state index in [4.69, 9.17) is 14.5 Å². The molecule has 2 aromatic heterocycles. The lowest BCUT2D eigenvalue weighted by Gasteiger charge is -2.12. The molecule has 6 nitrogen and oxygen atoms in total. The van der Waals surface area contributed by atoms with Gasteiger partial charge < -0.3 is 9.47 Å². The van der Waals surface area contributed by atoms with Gasteiger partial charge in [0, 0.05) is 11.1 Å². The number of nitrogens with zero attached hydrogens (tertiary/aromatic N) is 3. The number of hydrogen-bond acceptors (Lipinski definition) is 6. The van der Waals surface area contributed by atoms with Crippen molar-refractivity contribution in [3.05, 3.63) is 75.2 Å². The molecule has 0 aliphatic carbocycles. The zero-order valence-electron chi connectivity index (χ0n) is 15.3. The molecule has 0 saturated heterocycles. The molecule has 0 unspecified atom stereocenters. The third-order valence-corrected chi connectivity index (χ3v) is 4.96. The van der Waals surface area contributed by atoms with Crippen LogP contribution in [0.15, 0.2) is 69.2 Å².